The van der Waals surface area contributed by atoms with Gasteiger partial charge in [-0.1, -0.05) is 60.7 Å². The van der Waals surface area contributed by atoms with Crippen molar-refractivity contribution in [2.24, 2.45) is 23.2 Å². The number of hydrogen-bond donors (Lipinski definition) is 0. The number of nitrogens with zero attached hydrogens (tertiary/aromatic N) is 3. The summed E-state index contributed by atoms with van der Waals surface area (Å²) in [5.41, 5.74) is 4.50. The number of benzene rings is 2. The van der Waals surface area contributed by atoms with Crippen LogP contribution in [0.3, 0.4) is 0 Å². The first-order valence-electron chi connectivity index (χ1n) is 13.5. The SMILES string of the molecule is O=C(N(CCc1csc2nc(-c3ccccc3)cn12)Cc1ccccc1)C12CC3CC(CC(C3)C1)C2. The number of amides is 1. The molecule has 0 radical (unpaired) electrons. The van der Waals surface area contributed by atoms with Crippen LogP contribution in [0.15, 0.2) is 72.2 Å². The molecule has 0 aliphatic heterocycles. The molecule has 8 rings (SSSR count). The zero-order valence-corrected chi connectivity index (χ0v) is 21.5. The number of carbonyl (C=O) groups is 1. The third kappa shape index (κ3) is 3.98. The molecule has 2 aromatic carbocycles. The largest absolute Gasteiger partial charge is 0.338 e. The molecular weight excluding hydrogens is 462 g/mol. The molecule has 4 nitrogen and oxygen atoms in total. The van der Waals surface area contributed by atoms with Crippen LogP contribution in [0, 0.1) is 23.2 Å². The number of aromatic nitrogens is 2. The highest BCUT2D eigenvalue weighted by atomic mass is 32.1. The lowest BCUT2D eigenvalue weighted by Crippen LogP contribution is -2.54. The van der Waals surface area contributed by atoms with Gasteiger partial charge >= 0.3 is 0 Å². The summed E-state index contributed by atoms with van der Waals surface area (Å²) >= 11 is 1.69. The van der Waals surface area contributed by atoms with E-state index in [4.69, 9.17) is 4.98 Å². The van der Waals surface area contributed by atoms with Crippen molar-refractivity contribution >= 4 is 22.2 Å². The topological polar surface area (TPSA) is 37.6 Å². The van der Waals surface area contributed by atoms with Crippen molar-refractivity contribution in [3.05, 3.63) is 83.5 Å². The number of carbonyl (C=O) groups excluding carboxylic acids is 1. The van der Waals surface area contributed by atoms with E-state index in [-0.39, 0.29) is 5.41 Å². The molecule has 2 aromatic heterocycles. The lowest BCUT2D eigenvalue weighted by atomic mass is 9.49. The zero-order chi connectivity index (χ0) is 24.1. The van der Waals surface area contributed by atoms with Gasteiger partial charge in [-0.3, -0.25) is 9.20 Å². The summed E-state index contributed by atoms with van der Waals surface area (Å²) in [4.78, 5) is 22.4. The van der Waals surface area contributed by atoms with E-state index in [0.29, 0.717) is 12.5 Å². The van der Waals surface area contributed by atoms with Gasteiger partial charge in [-0.25, -0.2) is 4.98 Å². The first-order valence-corrected chi connectivity index (χ1v) is 14.4. The molecule has 2 heterocycles. The van der Waals surface area contributed by atoms with Crippen LogP contribution in [-0.2, 0) is 17.8 Å². The average molecular weight is 496 g/mol. The Morgan fingerprint density at radius 1 is 0.944 bits per heavy atom. The Bertz CT molecular complexity index is 1340. The number of hydrogen-bond acceptors (Lipinski definition) is 3. The Labute approximate surface area is 217 Å². The predicted molar refractivity (Wildman–Crippen MR) is 145 cm³/mol. The second-order valence-corrected chi connectivity index (χ2v) is 12.4. The van der Waals surface area contributed by atoms with E-state index < -0.39 is 0 Å². The molecule has 4 aromatic rings. The smallest absolute Gasteiger partial charge is 0.229 e. The van der Waals surface area contributed by atoms with E-state index in [1.807, 2.05) is 6.07 Å². The molecule has 0 unspecified atom stereocenters. The van der Waals surface area contributed by atoms with Crippen LogP contribution < -0.4 is 0 Å². The summed E-state index contributed by atoms with van der Waals surface area (Å²) in [5, 5.41) is 2.22. The molecule has 4 bridgehead atoms. The van der Waals surface area contributed by atoms with Gasteiger partial charge in [-0.2, -0.15) is 0 Å². The van der Waals surface area contributed by atoms with Crippen LogP contribution in [-0.4, -0.2) is 26.7 Å². The van der Waals surface area contributed by atoms with Gasteiger partial charge in [0, 0.05) is 42.3 Å². The third-order valence-corrected chi connectivity index (χ3v) is 9.87. The number of rotatable bonds is 7. The summed E-state index contributed by atoms with van der Waals surface area (Å²) in [6.45, 7) is 1.45. The summed E-state index contributed by atoms with van der Waals surface area (Å²) in [5.74, 6) is 2.75. The highest BCUT2D eigenvalue weighted by Gasteiger charge is 2.55. The van der Waals surface area contributed by atoms with Crippen molar-refractivity contribution in [3.63, 3.8) is 0 Å². The normalized spacial score (nSPS) is 26.5. The van der Waals surface area contributed by atoms with Gasteiger partial charge in [0.15, 0.2) is 4.96 Å². The molecule has 0 saturated heterocycles. The molecule has 4 saturated carbocycles. The monoisotopic (exact) mass is 495 g/mol. The maximum atomic E-state index is 14.3. The van der Waals surface area contributed by atoms with Crippen LogP contribution in [0.5, 0.6) is 0 Å². The second kappa shape index (κ2) is 8.88. The van der Waals surface area contributed by atoms with E-state index in [1.54, 1.807) is 11.3 Å². The maximum absolute atomic E-state index is 14.3. The molecule has 0 atom stereocenters. The summed E-state index contributed by atoms with van der Waals surface area (Å²) in [6, 6.07) is 20.9. The summed E-state index contributed by atoms with van der Waals surface area (Å²) < 4.78 is 2.23. The number of imidazole rings is 1. The minimum Gasteiger partial charge on any atom is -0.338 e. The Hall–Kier alpha value is -2.92. The maximum Gasteiger partial charge on any atom is 0.229 e. The zero-order valence-electron chi connectivity index (χ0n) is 20.7. The van der Waals surface area contributed by atoms with E-state index in [1.165, 1.54) is 30.5 Å². The van der Waals surface area contributed by atoms with Crippen molar-refractivity contribution in [2.45, 2.75) is 51.5 Å². The highest BCUT2D eigenvalue weighted by Crippen LogP contribution is 2.60. The van der Waals surface area contributed by atoms with Crippen LogP contribution in [0.25, 0.3) is 16.2 Å². The van der Waals surface area contributed by atoms with Crippen molar-refractivity contribution in [2.75, 3.05) is 6.54 Å². The molecule has 4 aliphatic carbocycles. The van der Waals surface area contributed by atoms with Crippen LogP contribution in [0.2, 0.25) is 0 Å². The highest BCUT2D eigenvalue weighted by molar-refractivity contribution is 7.15. The van der Waals surface area contributed by atoms with Gasteiger partial charge in [0.25, 0.3) is 0 Å². The van der Waals surface area contributed by atoms with E-state index in [2.05, 4.69) is 75.5 Å². The summed E-state index contributed by atoms with van der Waals surface area (Å²) in [7, 11) is 0. The Morgan fingerprint density at radius 3 is 2.25 bits per heavy atom. The number of fused-ring (bicyclic) bond motifs is 1. The summed E-state index contributed by atoms with van der Waals surface area (Å²) in [6.07, 6.45) is 10.4. The van der Waals surface area contributed by atoms with Crippen LogP contribution in [0.1, 0.15) is 49.8 Å². The fraction of sp³-hybridized carbons (Fsp3) is 0.419. The van der Waals surface area contributed by atoms with Gasteiger partial charge in [0.1, 0.15) is 0 Å². The molecule has 5 heteroatoms. The fourth-order valence-electron chi connectivity index (χ4n) is 7.77. The lowest BCUT2D eigenvalue weighted by Gasteiger charge is -2.56. The molecule has 184 valence electrons. The minimum atomic E-state index is -0.108. The molecule has 0 N–H and O–H groups in total. The van der Waals surface area contributed by atoms with Crippen molar-refractivity contribution in [1.29, 1.82) is 0 Å². The Balaban J connectivity index is 1.15. The van der Waals surface area contributed by atoms with Crippen LogP contribution >= 0.6 is 11.3 Å². The molecular formula is C31H33N3OS. The molecule has 1 amide bonds. The van der Waals surface area contributed by atoms with Crippen LogP contribution in [0.4, 0.5) is 0 Å². The minimum absolute atomic E-state index is 0.108. The molecule has 36 heavy (non-hydrogen) atoms. The first-order chi connectivity index (χ1) is 17.6. The molecule has 4 fully saturated rings. The quantitative estimate of drug-likeness (QED) is 0.281. The Kier molecular flexibility index (Phi) is 5.50. The van der Waals surface area contributed by atoms with Gasteiger partial charge in [-0.15, -0.1) is 11.3 Å². The van der Waals surface area contributed by atoms with Gasteiger partial charge in [-0.05, 0) is 61.8 Å². The van der Waals surface area contributed by atoms with Crippen molar-refractivity contribution < 1.29 is 4.79 Å². The lowest BCUT2D eigenvalue weighted by molar-refractivity contribution is -0.158. The molecule has 0 spiro atoms. The fourth-order valence-corrected chi connectivity index (χ4v) is 8.68. The Morgan fingerprint density at radius 2 is 1.58 bits per heavy atom. The first kappa shape index (κ1) is 22.3. The van der Waals surface area contributed by atoms with Crippen molar-refractivity contribution in [1.82, 2.24) is 14.3 Å². The van der Waals surface area contributed by atoms with Crippen molar-refractivity contribution in [3.8, 4) is 11.3 Å². The number of thiazole rings is 1. The van der Waals surface area contributed by atoms with E-state index in [0.717, 1.165) is 66.2 Å². The third-order valence-electron chi connectivity index (χ3n) is 8.99. The van der Waals surface area contributed by atoms with Gasteiger partial charge in [0.2, 0.25) is 5.91 Å². The second-order valence-electron chi connectivity index (χ2n) is 11.5. The molecule has 4 aliphatic rings. The van der Waals surface area contributed by atoms with Gasteiger partial charge in [0.05, 0.1) is 11.1 Å². The van der Waals surface area contributed by atoms with Gasteiger partial charge < -0.3 is 4.90 Å². The van der Waals surface area contributed by atoms with E-state index in [9.17, 15) is 4.79 Å². The average Bonchev–Trinajstić information content (AvgIpc) is 3.48. The predicted octanol–water partition coefficient (Wildman–Crippen LogP) is 6.85. The standard InChI is InChI=1S/C31H33N3OS/c35-29(31-16-23-13-24(17-31)15-25(14-23)18-31)33(19-22-7-3-1-4-8-22)12-11-27-21-36-30-32-28(20-34(27)30)26-9-5-2-6-10-26/h1-10,20-21,23-25H,11-19H2. The van der Waals surface area contributed by atoms with E-state index >= 15 is 0 Å².